The molecule has 1 aliphatic heterocycles. The van der Waals surface area contributed by atoms with Gasteiger partial charge in [-0.2, -0.15) is 0 Å². The largest absolute Gasteiger partial charge is 0.316 e. The molecule has 0 aromatic heterocycles. The molecular weight excluding hydrogens is 170 g/mol. The second-order valence-corrected chi connectivity index (χ2v) is 4.41. The zero-order chi connectivity index (χ0) is 9.80. The normalized spacial score (nSPS) is 22.2. The Bertz CT molecular complexity index is 287. The van der Waals surface area contributed by atoms with Gasteiger partial charge in [-0.05, 0) is 50.8 Å². The summed E-state index contributed by atoms with van der Waals surface area (Å²) in [5, 5.41) is 3.47. The number of rotatable bonds is 2. The summed E-state index contributed by atoms with van der Waals surface area (Å²) in [5.74, 6) is 0.852. The lowest BCUT2D eigenvalue weighted by Crippen LogP contribution is -2.30. The van der Waals surface area contributed by atoms with Crippen molar-refractivity contribution in [2.24, 2.45) is 5.92 Å². The highest BCUT2D eigenvalue weighted by atomic mass is 14.9. The van der Waals surface area contributed by atoms with Gasteiger partial charge in [-0.15, -0.1) is 0 Å². The number of benzene rings is 1. The Labute approximate surface area is 86.5 Å². The Morgan fingerprint density at radius 1 is 1.43 bits per heavy atom. The molecule has 1 fully saturated rings. The van der Waals surface area contributed by atoms with Crippen LogP contribution in [0.5, 0.6) is 0 Å². The zero-order valence-corrected chi connectivity index (χ0v) is 8.92. The van der Waals surface area contributed by atoms with Crippen molar-refractivity contribution in [3.63, 3.8) is 0 Å². The first kappa shape index (κ1) is 9.72. The van der Waals surface area contributed by atoms with Crippen LogP contribution in [0.3, 0.4) is 0 Å². The highest BCUT2D eigenvalue weighted by Crippen LogP contribution is 2.16. The summed E-state index contributed by atoms with van der Waals surface area (Å²) in [6, 6.07) is 8.90. The first-order valence-corrected chi connectivity index (χ1v) is 5.61. The van der Waals surface area contributed by atoms with E-state index in [4.69, 9.17) is 0 Å². The van der Waals surface area contributed by atoms with Gasteiger partial charge in [-0.3, -0.25) is 0 Å². The van der Waals surface area contributed by atoms with Gasteiger partial charge >= 0.3 is 0 Å². The minimum Gasteiger partial charge on any atom is -0.316 e. The Hall–Kier alpha value is -0.820. The molecule has 1 heterocycles. The molecule has 1 N–H and O–H groups in total. The van der Waals surface area contributed by atoms with Crippen molar-refractivity contribution < 1.29 is 0 Å². The molecule has 1 unspecified atom stereocenters. The highest BCUT2D eigenvalue weighted by molar-refractivity contribution is 5.22. The molecule has 1 atom stereocenters. The van der Waals surface area contributed by atoms with Crippen molar-refractivity contribution in [1.82, 2.24) is 5.32 Å². The number of hydrogen-bond acceptors (Lipinski definition) is 1. The van der Waals surface area contributed by atoms with Gasteiger partial charge in [-0.1, -0.05) is 29.8 Å². The van der Waals surface area contributed by atoms with E-state index in [0.717, 1.165) is 5.92 Å². The lowest BCUT2D eigenvalue weighted by Gasteiger charge is -2.22. The van der Waals surface area contributed by atoms with Crippen molar-refractivity contribution in [2.75, 3.05) is 13.1 Å². The average Bonchev–Trinajstić information content (AvgIpc) is 2.19. The molecule has 1 aromatic rings. The van der Waals surface area contributed by atoms with Gasteiger partial charge in [0, 0.05) is 0 Å². The Morgan fingerprint density at radius 2 is 2.36 bits per heavy atom. The Kier molecular flexibility index (Phi) is 3.20. The molecule has 0 aliphatic carbocycles. The van der Waals surface area contributed by atoms with E-state index in [9.17, 15) is 0 Å². The fraction of sp³-hybridized carbons (Fsp3) is 0.538. The van der Waals surface area contributed by atoms with Crippen molar-refractivity contribution >= 4 is 0 Å². The highest BCUT2D eigenvalue weighted by Gasteiger charge is 2.12. The second kappa shape index (κ2) is 4.61. The zero-order valence-electron chi connectivity index (χ0n) is 8.92. The van der Waals surface area contributed by atoms with E-state index in [-0.39, 0.29) is 0 Å². The van der Waals surface area contributed by atoms with E-state index in [1.807, 2.05) is 0 Å². The van der Waals surface area contributed by atoms with Crippen LogP contribution in [0.4, 0.5) is 0 Å². The van der Waals surface area contributed by atoms with Gasteiger partial charge in [0.15, 0.2) is 0 Å². The van der Waals surface area contributed by atoms with Crippen LogP contribution in [0.25, 0.3) is 0 Å². The van der Waals surface area contributed by atoms with Gasteiger partial charge < -0.3 is 5.32 Å². The molecule has 0 saturated carbocycles. The maximum atomic E-state index is 3.47. The van der Waals surface area contributed by atoms with E-state index in [0.29, 0.717) is 0 Å². The fourth-order valence-electron chi connectivity index (χ4n) is 2.27. The van der Waals surface area contributed by atoms with Gasteiger partial charge in [0.1, 0.15) is 0 Å². The summed E-state index contributed by atoms with van der Waals surface area (Å²) in [6.07, 6.45) is 3.98. The summed E-state index contributed by atoms with van der Waals surface area (Å²) in [5.41, 5.74) is 2.88. The van der Waals surface area contributed by atoms with Crippen LogP contribution < -0.4 is 5.32 Å². The van der Waals surface area contributed by atoms with E-state index in [2.05, 4.69) is 36.5 Å². The fourth-order valence-corrected chi connectivity index (χ4v) is 2.27. The molecule has 14 heavy (non-hydrogen) atoms. The minimum atomic E-state index is 0.852. The number of piperidine rings is 1. The van der Waals surface area contributed by atoms with E-state index in [1.165, 1.54) is 43.5 Å². The molecule has 76 valence electrons. The van der Waals surface area contributed by atoms with Crippen molar-refractivity contribution in [3.8, 4) is 0 Å². The number of nitrogens with one attached hydrogen (secondary N) is 1. The van der Waals surface area contributed by atoms with Crippen molar-refractivity contribution in [1.29, 1.82) is 0 Å². The quantitative estimate of drug-likeness (QED) is 0.754. The van der Waals surface area contributed by atoms with Gasteiger partial charge in [0.05, 0.1) is 0 Å². The van der Waals surface area contributed by atoms with Crippen molar-refractivity contribution in [2.45, 2.75) is 26.2 Å². The van der Waals surface area contributed by atoms with Gasteiger partial charge in [0.25, 0.3) is 0 Å². The molecule has 1 aromatic carbocycles. The van der Waals surface area contributed by atoms with Crippen LogP contribution >= 0.6 is 0 Å². The van der Waals surface area contributed by atoms with Crippen LogP contribution in [0.1, 0.15) is 24.0 Å². The second-order valence-electron chi connectivity index (χ2n) is 4.41. The molecule has 1 heteroatoms. The molecule has 0 amide bonds. The minimum absolute atomic E-state index is 0.852. The third-order valence-electron chi connectivity index (χ3n) is 3.01. The van der Waals surface area contributed by atoms with Crippen molar-refractivity contribution in [3.05, 3.63) is 35.4 Å². The summed E-state index contributed by atoms with van der Waals surface area (Å²) in [6.45, 7) is 4.58. The molecule has 0 bridgehead atoms. The number of hydrogen-bond donors (Lipinski definition) is 1. The van der Waals surface area contributed by atoms with Gasteiger partial charge in [0.2, 0.25) is 0 Å². The third kappa shape index (κ3) is 2.58. The summed E-state index contributed by atoms with van der Waals surface area (Å²) in [4.78, 5) is 0. The maximum absolute atomic E-state index is 3.47. The summed E-state index contributed by atoms with van der Waals surface area (Å²) < 4.78 is 0. The smallest absolute Gasteiger partial charge is 0.00173 e. The number of aryl methyl sites for hydroxylation is 1. The molecule has 2 rings (SSSR count). The van der Waals surface area contributed by atoms with Gasteiger partial charge in [-0.25, -0.2) is 0 Å². The topological polar surface area (TPSA) is 12.0 Å². The van der Waals surface area contributed by atoms with Crippen LogP contribution in [0.2, 0.25) is 0 Å². The Balaban J connectivity index is 1.95. The van der Waals surface area contributed by atoms with Crippen LogP contribution in [0, 0.1) is 12.8 Å². The summed E-state index contributed by atoms with van der Waals surface area (Å²) >= 11 is 0. The van der Waals surface area contributed by atoms with Crippen LogP contribution in [-0.4, -0.2) is 13.1 Å². The maximum Gasteiger partial charge on any atom is -0.00173 e. The average molecular weight is 189 g/mol. The first-order chi connectivity index (χ1) is 6.84. The predicted octanol–water partition coefficient (Wildman–Crippen LogP) is 2.54. The standard InChI is InChI=1S/C13H19N/c1-11-4-2-5-12(8-11)9-13-6-3-7-14-10-13/h2,4-5,8,13-14H,3,6-7,9-10H2,1H3. The Morgan fingerprint density at radius 3 is 3.07 bits per heavy atom. The van der Waals surface area contributed by atoms with E-state index >= 15 is 0 Å². The first-order valence-electron chi connectivity index (χ1n) is 5.61. The van der Waals surface area contributed by atoms with E-state index < -0.39 is 0 Å². The predicted molar refractivity (Wildman–Crippen MR) is 60.5 cm³/mol. The molecule has 1 nitrogen and oxygen atoms in total. The lowest BCUT2D eigenvalue weighted by atomic mass is 9.92. The molecule has 1 aliphatic rings. The molecule has 0 spiro atoms. The molecule has 1 saturated heterocycles. The lowest BCUT2D eigenvalue weighted by molar-refractivity contribution is 0.376. The monoisotopic (exact) mass is 189 g/mol. The molecule has 0 radical (unpaired) electrons. The summed E-state index contributed by atoms with van der Waals surface area (Å²) in [7, 11) is 0. The van der Waals surface area contributed by atoms with E-state index in [1.54, 1.807) is 0 Å². The SMILES string of the molecule is Cc1cccc(CC2CCCNC2)c1. The van der Waals surface area contributed by atoms with Crippen LogP contribution in [-0.2, 0) is 6.42 Å². The van der Waals surface area contributed by atoms with Crippen LogP contribution in [0.15, 0.2) is 24.3 Å². The third-order valence-corrected chi connectivity index (χ3v) is 3.01. The molecular formula is C13H19N.